The number of rotatable bonds is 10. The smallest absolute Gasteiger partial charge is 0.265 e. The van der Waals surface area contributed by atoms with Crippen molar-refractivity contribution in [3.8, 4) is 17.4 Å². The highest BCUT2D eigenvalue weighted by Crippen LogP contribution is 2.60. The number of aliphatic hydroxyl groups excluding tert-OH is 1. The molecule has 0 spiro atoms. The van der Waals surface area contributed by atoms with Gasteiger partial charge in [-0.25, -0.2) is 0 Å². The third-order valence-corrected chi connectivity index (χ3v) is 16.2. The van der Waals surface area contributed by atoms with E-state index < -0.39 is 49.1 Å². The Morgan fingerprint density at radius 2 is 1.59 bits per heavy atom. The molecular weight excluding hydrogens is 703 g/mol. The van der Waals surface area contributed by atoms with Crippen molar-refractivity contribution in [2.24, 2.45) is 11.8 Å². The zero-order chi connectivity index (χ0) is 38.7. The molecule has 0 aliphatic heterocycles. The van der Waals surface area contributed by atoms with Crippen molar-refractivity contribution >= 4 is 25.6 Å². The second-order valence-corrected chi connectivity index (χ2v) is 21.0. The summed E-state index contributed by atoms with van der Waals surface area (Å²) in [5, 5.41) is 16.8. The van der Waals surface area contributed by atoms with Crippen molar-refractivity contribution < 1.29 is 37.9 Å². The molecule has 0 fully saturated rings. The van der Waals surface area contributed by atoms with Gasteiger partial charge in [0.05, 0.1) is 24.4 Å². The highest BCUT2D eigenvalue weighted by Gasteiger charge is 2.67. The van der Waals surface area contributed by atoms with Gasteiger partial charge in [0.15, 0.2) is 31.2 Å². The summed E-state index contributed by atoms with van der Waals surface area (Å²) < 4.78 is 31.5. The molecule has 7 rings (SSSR count). The van der Waals surface area contributed by atoms with E-state index in [1.807, 2.05) is 92.8 Å². The minimum Gasteiger partial charge on any atom is -0.508 e. The van der Waals surface area contributed by atoms with Gasteiger partial charge in [0.1, 0.15) is 30.3 Å². The Morgan fingerprint density at radius 3 is 2.17 bits per heavy atom. The molecule has 11 nitrogen and oxygen atoms in total. The van der Waals surface area contributed by atoms with E-state index in [0.29, 0.717) is 29.9 Å². The molecular formula is C42H49N3O8Si. The van der Waals surface area contributed by atoms with E-state index in [0.717, 1.165) is 11.1 Å². The molecule has 0 radical (unpaired) electrons. The number of nitrogens with zero attached hydrogens (tertiary/aromatic N) is 2. The van der Waals surface area contributed by atoms with E-state index in [9.17, 15) is 5.11 Å². The summed E-state index contributed by atoms with van der Waals surface area (Å²) in [4.78, 5) is 32.6. The predicted molar refractivity (Wildman–Crippen MR) is 207 cm³/mol. The maximum absolute atomic E-state index is 15.5. The van der Waals surface area contributed by atoms with Crippen LogP contribution in [-0.4, -0.2) is 61.9 Å². The first-order valence-corrected chi connectivity index (χ1v) is 21.2. The summed E-state index contributed by atoms with van der Waals surface area (Å²) in [5.41, 5.74) is 7.69. The van der Waals surface area contributed by atoms with Crippen LogP contribution in [0.4, 0.5) is 5.69 Å². The average Bonchev–Trinajstić information content (AvgIpc) is 3.55. The molecule has 0 amide bonds. The molecule has 284 valence electrons. The number of Topliss-reactive ketones (excluding diaryl/α,β-unsaturated/α-hetero) is 2. The van der Waals surface area contributed by atoms with Gasteiger partial charge in [0.2, 0.25) is 5.78 Å². The van der Waals surface area contributed by atoms with Crippen molar-refractivity contribution in [1.82, 2.24) is 10.1 Å². The third-order valence-electron chi connectivity index (χ3n) is 11.7. The lowest BCUT2D eigenvalue weighted by Crippen LogP contribution is -2.65. The highest BCUT2D eigenvalue weighted by atomic mass is 28.4. The Hall–Kier alpha value is -4.91. The molecule has 54 heavy (non-hydrogen) atoms. The van der Waals surface area contributed by atoms with Crippen molar-refractivity contribution in [2.75, 3.05) is 26.9 Å². The first-order valence-electron chi connectivity index (χ1n) is 18.3. The second kappa shape index (κ2) is 13.7. The van der Waals surface area contributed by atoms with Gasteiger partial charge >= 0.3 is 0 Å². The van der Waals surface area contributed by atoms with Crippen LogP contribution in [0.3, 0.4) is 0 Å². The molecule has 12 heteroatoms. The van der Waals surface area contributed by atoms with Crippen LogP contribution in [0.5, 0.6) is 17.4 Å². The SMILES string of the molecule is COc1cc(N)c(OCc2ccccc2)c2c1C[C@H]1C[C@H]3[C@H](N(C)C)c4onc(OCc5ccccc5)c4C(=O)[C@@]3(O[Si](C)(C)C(C)(C)C)C(O)=C1C2=O. The van der Waals surface area contributed by atoms with E-state index in [4.69, 9.17) is 28.9 Å². The van der Waals surface area contributed by atoms with Gasteiger partial charge in [-0.15, -0.1) is 0 Å². The third kappa shape index (κ3) is 6.00. The average molecular weight is 752 g/mol. The van der Waals surface area contributed by atoms with Gasteiger partial charge in [0, 0.05) is 23.1 Å². The molecule has 1 heterocycles. The monoisotopic (exact) mass is 751 g/mol. The number of hydrogen-bond acceptors (Lipinski definition) is 11. The van der Waals surface area contributed by atoms with E-state index in [-0.39, 0.29) is 52.3 Å². The Balaban J connectivity index is 1.42. The topological polar surface area (TPSA) is 147 Å². The molecule has 3 aliphatic carbocycles. The number of ketones is 2. The molecule has 0 saturated carbocycles. The second-order valence-electron chi connectivity index (χ2n) is 16.3. The summed E-state index contributed by atoms with van der Waals surface area (Å²) in [6, 6.07) is 20.2. The number of aromatic nitrogens is 1. The number of fused-ring (bicyclic) bond motifs is 4. The van der Waals surface area contributed by atoms with Gasteiger partial charge in [0.25, 0.3) is 5.88 Å². The number of carbonyl (C=O) groups is 2. The number of aliphatic hydroxyl groups is 1. The number of ether oxygens (including phenoxy) is 3. The Kier molecular flexibility index (Phi) is 9.52. The number of benzene rings is 3. The van der Waals surface area contributed by atoms with Crippen LogP contribution in [0.1, 0.15) is 76.4 Å². The predicted octanol–water partition coefficient (Wildman–Crippen LogP) is 7.87. The van der Waals surface area contributed by atoms with E-state index >= 15 is 9.59 Å². The van der Waals surface area contributed by atoms with Gasteiger partial charge in [-0.05, 0) is 67.3 Å². The van der Waals surface area contributed by atoms with Crippen molar-refractivity contribution in [3.05, 3.63) is 112 Å². The number of anilines is 1. The first kappa shape index (κ1) is 37.4. The molecule has 1 aromatic heterocycles. The zero-order valence-corrected chi connectivity index (χ0v) is 33.2. The molecule has 3 aliphatic rings. The largest absolute Gasteiger partial charge is 0.508 e. The van der Waals surface area contributed by atoms with Crippen molar-refractivity contribution in [1.29, 1.82) is 0 Å². The van der Waals surface area contributed by atoms with Gasteiger partial charge < -0.3 is 34.0 Å². The number of carbonyl (C=O) groups excluding carboxylic acids is 2. The van der Waals surface area contributed by atoms with E-state index in [1.54, 1.807) is 6.07 Å². The molecule has 0 saturated heterocycles. The summed E-state index contributed by atoms with van der Waals surface area (Å²) in [6.45, 7) is 10.6. The molecule has 0 unspecified atom stereocenters. The standard InChI is InChI=1S/C42H49N3O8Si/c1-41(2,3)54(7,8)53-42-28(34(45(4)5)37-33(39(42)48)40(44-52-37)51-23-25-17-13-10-14-18-25)20-26-19-27-30(49-6)21-29(43)36(32(27)35(46)31(26)38(42)47)50-22-24-15-11-9-12-16-24/h9-18,21,26,28,34,47H,19-20,22-23,43H2,1-8H3/t26-,28-,34-,42-/m0/s1. The fourth-order valence-electron chi connectivity index (χ4n) is 8.07. The number of methoxy groups -OCH3 is 1. The number of nitrogen functional groups attached to an aromatic ring is 1. The van der Waals surface area contributed by atoms with Crippen LogP contribution in [0.15, 0.2) is 82.6 Å². The Labute approximate surface area is 317 Å². The molecule has 3 N–H and O–H groups in total. The first-order chi connectivity index (χ1) is 25.6. The lowest BCUT2D eigenvalue weighted by molar-refractivity contribution is -0.0480. The van der Waals surface area contributed by atoms with Gasteiger partial charge in [-0.2, -0.15) is 0 Å². The number of hydrogen-bond donors (Lipinski definition) is 2. The number of allylic oxidation sites excluding steroid dienone is 1. The van der Waals surface area contributed by atoms with Crippen LogP contribution in [0.2, 0.25) is 18.1 Å². The fraction of sp³-hybridized carbons (Fsp3) is 0.405. The maximum atomic E-state index is 15.5. The quantitative estimate of drug-likeness (QED) is 0.121. The van der Waals surface area contributed by atoms with Crippen LogP contribution < -0.4 is 19.9 Å². The maximum Gasteiger partial charge on any atom is 0.265 e. The fourth-order valence-corrected chi connectivity index (χ4v) is 9.52. The van der Waals surface area contributed by atoms with Crippen LogP contribution in [0, 0.1) is 11.8 Å². The lowest BCUT2D eigenvalue weighted by Gasteiger charge is -2.55. The van der Waals surface area contributed by atoms with Crippen LogP contribution >= 0.6 is 0 Å². The van der Waals surface area contributed by atoms with E-state index in [1.165, 1.54) is 7.11 Å². The minimum absolute atomic E-state index is 0.0108. The molecule has 0 bridgehead atoms. The van der Waals surface area contributed by atoms with Crippen LogP contribution in [-0.2, 0) is 24.1 Å². The van der Waals surface area contributed by atoms with Crippen LogP contribution in [0.25, 0.3) is 0 Å². The van der Waals surface area contributed by atoms with E-state index in [2.05, 4.69) is 25.9 Å². The summed E-state index contributed by atoms with van der Waals surface area (Å²) in [7, 11) is 2.45. The normalized spacial score (nSPS) is 22.4. The molecule has 4 atom stereocenters. The Bertz CT molecular complexity index is 2120. The molecule has 3 aromatic carbocycles. The molecule has 4 aromatic rings. The summed E-state index contributed by atoms with van der Waals surface area (Å²) >= 11 is 0. The lowest BCUT2D eigenvalue weighted by atomic mass is 9.58. The Morgan fingerprint density at radius 1 is 0.981 bits per heavy atom. The number of nitrogens with two attached hydrogens (primary N) is 1. The summed E-state index contributed by atoms with van der Waals surface area (Å²) in [6.07, 6.45) is 0.656. The van der Waals surface area contributed by atoms with Gasteiger partial charge in [-0.1, -0.05) is 81.4 Å². The zero-order valence-electron chi connectivity index (χ0n) is 32.2. The minimum atomic E-state index is -2.88. The van der Waals surface area contributed by atoms with Crippen molar-refractivity contribution in [3.63, 3.8) is 0 Å². The van der Waals surface area contributed by atoms with Crippen molar-refractivity contribution in [2.45, 2.75) is 76.6 Å². The highest BCUT2D eigenvalue weighted by molar-refractivity contribution is 6.74. The summed E-state index contributed by atoms with van der Waals surface area (Å²) in [5.74, 6) is -1.54. The van der Waals surface area contributed by atoms with Gasteiger partial charge in [-0.3, -0.25) is 14.5 Å².